The third-order valence-corrected chi connectivity index (χ3v) is 6.40. The third-order valence-electron chi connectivity index (χ3n) is 6.40. The molecule has 0 radical (unpaired) electrons. The molecule has 2 aromatic heterocycles. The predicted octanol–water partition coefficient (Wildman–Crippen LogP) is 4.61. The van der Waals surface area contributed by atoms with Gasteiger partial charge < -0.3 is 15.2 Å². The molecule has 1 aliphatic heterocycles. The Kier molecular flexibility index (Phi) is 6.23. The normalized spacial score (nSPS) is 18.0. The number of alkyl halides is 3. The van der Waals surface area contributed by atoms with Crippen LogP contribution in [-0.4, -0.2) is 26.4 Å². The number of nitrogens with one attached hydrogen (secondary N) is 2. The lowest BCUT2D eigenvalue weighted by Gasteiger charge is -2.34. The summed E-state index contributed by atoms with van der Waals surface area (Å²) in [4.78, 5) is 12.6. The Bertz CT molecular complexity index is 1130. The largest absolute Gasteiger partial charge is 0.410 e. The van der Waals surface area contributed by atoms with E-state index in [1.807, 2.05) is 61.9 Å². The van der Waals surface area contributed by atoms with E-state index in [1.165, 1.54) is 6.20 Å². The molecular formula is C24H28F3N5O. The van der Waals surface area contributed by atoms with Crippen LogP contribution >= 0.6 is 0 Å². The Morgan fingerprint density at radius 3 is 2.55 bits per heavy atom. The molecule has 6 nitrogen and oxygen atoms in total. The number of hydrogen-bond acceptors (Lipinski definition) is 3. The van der Waals surface area contributed by atoms with Crippen LogP contribution in [0.5, 0.6) is 0 Å². The van der Waals surface area contributed by atoms with Gasteiger partial charge in [0.05, 0.1) is 25.2 Å². The minimum absolute atomic E-state index is 0.0577. The van der Waals surface area contributed by atoms with Crippen molar-refractivity contribution in [3.63, 3.8) is 0 Å². The van der Waals surface area contributed by atoms with Crippen LogP contribution in [0.3, 0.4) is 0 Å². The van der Waals surface area contributed by atoms with Crippen LogP contribution in [0.4, 0.5) is 19.0 Å². The molecule has 1 amide bonds. The van der Waals surface area contributed by atoms with Gasteiger partial charge in [-0.25, -0.2) is 4.68 Å². The SMILES string of the molecule is CCc1ccc([C@H]2C[C@@H](C(F)(F)F)n3ncc(CC(=O)NCc4ccc(C)n4C)c3N2)cc1. The van der Waals surface area contributed by atoms with E-state index in [2.05, 4.69) is 15.7 Å². The summed E-state index contributed by atoms with van der Waals surface area (Å²) < 4.78 is 44.6. The molecule has 1 aromatic carbocycles. The second-order valence-corrected chi connectivity index (χ2v) is 8.53. The van der Waals surface area contributed by atoms with Crippen LogP contribution in [0.15, 0.2) is 42.6 Å². The predicted molar refractivity (Wildman–Crippen MR) is 120 cm³/mol. The molecule has 9 heteroatoms. The van der Waals surface area contributed by atoms with Crippen molar-refractivity contribution < 1.29 is 18.0 Å². The fourth-order valence-corrected chi connectivity index (χ4v) is 4.22. The standard InChI is InChI=1S/C24H28F3N5O/c1-4-16-6-8-17(9-7-16)20-12-21(24(25,26)27)32-23(30-20)18(13-29-32)11-22(33)28-14-19-10-5-15(2)31(19)3/h5-10,13,20-21,30H,4,11-12,14H2,1-3H3,(H,28,33)/t20-,21+/m1/s1. The van der Waals surface area contributed by atoms with Crippen molar-refractivity contribution in [2.24, 2.45) is 7.05 Å². The Balaban J connectivity index is 1.54. The molecule has 0 saturated carbocycles. The van der Waals surface area contributed by atoms with Gasteiger partial charge in [-0.1, -0.05) is 31.2 Å². The van der Waals surface area contributed by atoms with Gasteiger partial charge in [0.25, 0.3) is 0 Å². The second-order valence-electron chi connectivity index (χ2n) is 8.53. The molecular weight excluding hydrogens is 431 g/mol. The summed E-state index contributed by atoms with van der Waals surface area (Å²) in [5, 5.41) is 10.1. The Morgan fingerprint density at radius 2 is 1.94 bits per heavy atom. The van der Waals surface area contributed by atoms with E-state index in [9.17, 15) is 18.0 Å². The third kappa shape index (κ3) is 4.77. The number of rotatable bonds is 6. The van der Waals surface area contributed by atoms with Gasteiger partial charge in [-0.15, -0.1) is 0 Å². The van der Waals surface area contributed by atoms with Crippen molar-refractivity contribution in [2.75, 3.05) is 5.32 Å². The summed E-state index contributed by atoms with van der Waals surface area (Å²) in [5.74, 6) is -0.0255. The smallest absolute Gasteiger partial charge is 0.363 e. The van der Waals surface area contributed by atoms with Crippen molar-refractivity contribution in [3.8, 4) is 0 Å². The number of carbonyl (C=O) groups is 1. The minimum Gasteiger partial charge on any atom is -0.363 e. The molecule has 2 N–H and O–H groups in total. The molecule has 0 spiro atoms. The van der Waals surface area contributed by atoms with Crippen molar-refractivity contribution >= 4 is 11.7 Å². The van der Waals surface area contributed by atoms with E-state index in [1.54, 1.807) is 0 Å². The molecule has 0 bridgehead atoms. The number of fused-ring (bicyclic) bond motifs is 1. The highest BCUT2D eigenvalue weighted by molar-refractivity contribution is 5.80. The maximum atomic E-state index is 13.9. The number of halogens is 3. The van der Waals surface area contributed by atoms with Crippen LogP contribution in [0.25, 0.3) is 0 Å². The maximum Gasteiger partial charge on any atom is 0.410 e. The van der Waals surface area contributed by atoms with Gasteiger partial charge in [-0.05, 0) is 36.6 Å². The summed E-state index contributed by atoms with van der Waals surface area (Å²) >= 11 is 0. The summed E-state index contributed by atoms with van der Waals surface area (Å²) in [6, 6.07) is 9.21. The van der Waals surface area contributed by atoms with Crippen molar-refractivity contribution in [2.45, 2.75) is 57.9 Å². The topological polar surface area (TPSA) is 63.9 Å². The summed E-state index contributed by atoms with van der Waals surface area (Å²) in [7, 11) is 1.92. The Morgan fingerprint density at radius 1 is 1.21 bits per heavy atom. The summed E-state index contributed by atoms with van der Waals surface area (Å²) in [6.45, 7) is 4.35. The summed E-state index contributed by atoms with van der Waals surface area (Å²) in [6.07, 6.45) is -2.46. The minimum atomic E-state index is -4.45. The molecule has 3 heterocycles. The number of aryl methyl sites for hydroxylation is 2. The number of aromatic nitrogens is 3. The monoisotopic (exact) mass is 459 g/mol. The first kappa shape index (κ1) is 22.9. The average molecular weight is 460 g/mol. The number of carbonyl (C=O) groups excluding carboxylic acids is 1. The van der Waals surface area contributed by atoms with Crippen LogP contribution < -0.4 is 10.6 Å². The molecule has 1 aliphatic rings. The highest BCUT2D eigenvalue weighted by Crippen LogP contribution is 2.44. The lowest BCUT2D eigenvalue weighted by atomic mass is 9.95. The number of benzene rings is 1. The van der Waals surface area contributed by atoms with E-state index in [4.69, 9.17) is 0 Å². The van der Waals surface area contributed by atoms with Gasteiger partial charge in [0.15, 0.2) is 6.04 Å². The van der Waals surface area contributed by atoms with E-state index in [0.29, 0.717) is 12.1 Å². The van der Waals surface area contributed by atoms with Crippen LogP contribution in [0, 0.1) is 6.92 Å². The lowest BCUT2D eigenvalue weighted by Crippen LogP contribution is -2.36. The highest BCUT2D eigenvalue weighted by atomic mass is 19.4. The first-order valence-corrected chi connectivity index (χ1v) is 11.0. The number of anilines is 1. The molecule has 4 rings (SSSR count). The van der Waals surface area contributed by atoms with E-state index in [0.717, 1.165) is 33.6 Å². The van der Waals surface area contributed by atoms with Crippen molar-refractivity contribution in [3.05, 3.63) is 70.7 Å². The zero-order valence-electron chi connectivity index (χ0n) is 18.9. The quantitative estimate of drug-likeness (QED) is 0.566. The number of amides is 1. The van der Waals surface area contributed by atoms with E-state index < -0.39 is 18.3 Å². The second kappa shape index (κ2) is 8.96. The van der Waals surface area contributed by atoms with Crippen LogP contribution in [0.2, 0.25) is 0 Å². The van der Waals surface area contributed by atoms with Gasteiger partial charge in [0, 0.05) is 30.4 Å². The molecule has 176 valence electrons. The van der Waals surface area contributed by atoms with Gasteiger partial charge in [0.2, 0.25) is 5.91 Å². The number of hydrogen-bond donors (Lipinski definition) is 2. The molecule has 0 fully saturated rings. The highest BCUT2D eigenvalue weighted by Gasteiger charge is 2.46. The Labute approximate surface area is 190 Å². The zero-order valence-corrected chi connectivity index (χ0v) is 18.9. The molecule has 33 heavy (non-hydrogen) atoms. The number of nitrogens with zero attached hydrogens (tertiary/aromatic N) is 3. The van der Waals surface area contributed by atoms with Crippen LogP contribution in [-0.2, 0) is 31.2 Å². The van der Waals surface area contributed by atoms with E-state index in [-0.39, 0.29) is 24.6 Å². The Hall–Kier alpha value is -3.23. The molecule has 0 saturated heterocycles. The lowest BCUT2D eigenvalue weighted by molar-refractivity contribution is -0.173. The molecule has 0 unspecified atom stereocenters. The molecule has 0 aliphatic carbocycles. The maximum absolute atomic E-state index is 13.9. The fourth-order valence-electron chi connectivity index (χ4n) is 4.22. The van der Waals surface area contributed by atoms with Gasteiger partial charge in [0.1, 0.15) is 5.82 Å². The van der Waals surface area contributed by atoms with E-state index >= 15 is 0 Å². The first-order chi connectivity index (χ1) is 15.7. The van der Waals surface area contributed by atoms with Crippen molar-refractivity contribution in [1.29, 1.82) is 0 Å². The van der Waals surface area contributed by atoms with Gasteiger partial charge in [-0.3, -0.25) is 4.79 Å². The van der Waals surface area contributed by atoms with Crippen molar-refractivity contribution in [1.82, 2.24) is 19.7 Å². The summed E-state index contributed by atoms with van der Waals surface area (Å²) in [5.41, 5.74) is 4.37. The molecule has 2 atom stereocenters. The van der Waals surface area contributed by atoms with Crippen LogP contribution in [0.1, 0.15) is 53.5 Å². The van der Waals surface area contributed by atoms with Gasteiger partial charge in [-0.2, -0.15) is 18.3 Å². The zero-order chi connectivity index (χ0) is 23.8. The van der Waals surface area contributed by atoms with Gasteiger partial charge >= 0.3 is 6.18 Å². The average Bonchev–Trinajstić information content (AvgIpc) is 3.34. The fraction of sp³-hybridized carbons (Fsp3) is 0.417. The molecule has 3 aromatic rings. The first-order valence-electron chi connectivity index (χ1n) is 11.0.